The Morgan fingerprint density at radius 3 is 2.81 bits per heavy atom. The summed E-state index contributed by atoms with van der Waals surface area (Å²) in [6.45, 7) is 2.27. The minimum absolute atomic E-state index is 0.123. The normalized spacial score (nSPS) is 21.5. The summed E-state index contributed by atoms with van der Waals surface area (Å²) in [6.07, 6.45) is 5.55. The number of halogens is 2. The molecule has 1 saturated carbocycles. The first kappa shape index (κ1) is 15.0. The average Bonchev–Trinajstić information content (AvgIpc) is 2.50. The molecule has 0 unspecified atom stereocenters. The summed E-state index contributed by atoms with van der Waals surface area (Å²) in [5, 5.41) is 3.41. The molecule has 2 fully saturated rings. The van der Waals surface area contributed by atoms with E-state index in [9.17, 15) is 9.18 Å². The molecule has 114 valence electrons. The topological polar surface area (TPSA) is 32.3 Å². The molecule has 0 aromatic heterocycles. The fourth-order valence-corrected chi connectivity index (χ4v) is 3.99. The largest absolute Gasteiger partial charge is 0.330 e. The molecule has 1 saturated heterocycles. The number of nitrogens with zero attached hydrogens (tertiary/aromatic N) is 1. The van der Waals surface area contributed by atoms with E-state index in [2.05, 4.69) is 21.2 Å². The molecule has 1 aromatic carbocycles. The smallest absolute Gasteiger partial charge is 0.257 e. The van der Waals surface area contributed by atoms with Gasteiger partial charge in [-0.25, -0.2) is 4.39 Å². The molecule has 0 bridgehead atoms. The van der Waals surface area contributed by atoms with Gasteiger partial charge in [0, 0.05) is 24.1 Å². The van der Waals surface area contributed by atoms with E-state index < -0.39 is 5.82 Å². The second-order valence-corrected chi connectivity index (χ2v) is 6.96. The molecule has 1 aliphatic carbocycles. The number of piperazine rings is 1. The number of nitrogens with one attached hydrogen (secondary N) is 1. The number of carbonyl (C=O) groups excluding carboxylic acids is 1. The Hall–Kier alpha value is -0.940. The maximum absolute atomic E-state index is 14.0. The highest BCUT2D eigenvalue weighted by Crippen LogP contribution is 2.36. The van der Waals surface area contributed by atoms with Crippen LogP contribution in [0.3, 0.4) is 0 Å². The third kappa shape index (κ3) is 2.86. The molecule has 3 nitrogen and oxygen atoms in total. The zero-order valence-electron chi connectivity index (χ0n) is 12.0. The van der Waals surface area contributed by atoms with E-state index in [4.69, 9.17) is 0 Å². The molecule has 1 aliphatic heterocycles. The Labute approximate surface area is 133 Å². The first-order valence-corrected chi connectivity index (χ1v) is 8.39. The van der Waals surface area contributed by atoms with Crippen LogP contribution in [-0.4, -0.2) is 36.0 Å². The number of carbonyl (C=O) groups is 1. The van der Waals surface area contributed by atoms with Crippen LogP contribution in [0.15, 0.2) is 22.7 Å². The zero-order chi connectivity index (χ0) is 14.9. The van der Waals surface area contributed by atoms with Crippen molar-refractivity contribution < 1.29 is 9.18 Å². The molecule has 1 N–H and O–H groups in total. The van der Waals surface area contributed by atoms with Crippen LogP contribution in [0.4, 0.5) is 4.39 Å². The minimum atomic E-state index is -0.437. The summed E-state index contributed by atoms with van der Waals surface area (Å²) in [6, 6.07) is 4.57. The number of benzene rings is 1. The summed E-state index contributed by atoms with van der Waals surface area (Å²) >= 11 is 3.33. The number of hydrogen-bond acceptors (Lipinski definition) is 2. The first-order chi connectivity index (χ1) is 10.1. The molecule has 0 radical (unpaired) electrons. The van der Waals surface area contributed by atoms with Crippen molar-refractivity contribution in [1.29, 1.82) is 0 Å². The summed E-state index contributed by atoms with van der Waals surface area (Å²) in [7, 11) is 0. The summed E-state index contributed by atoms with van der Waals surface area (Å²) in [5.74, 6) is -0.607. The van der Waals surface area contributed by atoms with Crippen molar-refractivity contribution in [2.24, 2.45) is 0 Å². The number of rotatable bonds is 1. The van der Waals surface area contributed by atoms with E-state index >= 15 is 0 Å². The van der Waals surface area contributed by atoms with Crippen LogP contribution in [-0.2, 0) is 0 Å². The van der Waals surface area contributed by atoms with Crippen molar-refractivity contribution in [3.05, 3.63) is 34.1 Å². The van der Waals surface area contributed by atoms with Crippen molar-refractivity contribution in [2.45, 2.75) is 37.6 Å². The molecule has 1 amide bonds. The summed E-state index contributed by atoms with van der Waals surface area (Å²) in [4.78, 5) is 14.8. The Balaban J connectivity index is 1.92. The summed E-state index contributed by atoms with van der Waals surface area (Å²) < 4.78 is 14.8. The van der Waals surface area contributed by atoms with Crippen molar-refractivity contribution in [2.75, 3.05) is 19.6 Å². The van der Waals surface area contributed by atoms with Gasteiger partial charge in [0.2, 0.25) is 0 Å². The van der Waals surface area contributed by atoms with Gasteiger partial charge in [-0.2, -0.15) is 0 Å². The number of amides is 1. The zero-order valence-corrected chi connectivity index (χ0v) is 13.6. The van der Waals surface area contributed by atoms with E-state index in [0.717, 1.165) is 43.2 Å². The van der Waals surface area contributed by atoms with Gasteiger partial charge < -0.3 is 10.2 Å². The standard InChI is InChI=1S/C16H20BrFN2O/c17-12-4-5-14(18)13(10-12)15(21)20-9-8-19-11-16(20)6-2-1-3-7-16/h4-5,10,19H,1-3,6-9,11H2. The molecule has 21 heavy (non-hydrogen) atoms. The Kier molecular flexibility index (Phi) is 4.31. The molecule has 0 atom stereocenters. The molecular formula is C16H20BrFN2O. The molecule has 2 aliphatic rings. The van der Waals surface area contributed by atoms with Crippen LogP contribution in [0.5, 0.6) is 0 Å². The predicted molar refractivity (Wildman–Crippen MR) is 83.8 cm³/mol. The Morgan fingerprint density at radius 1 is 1.29 bits per heavy atom. The Morgan fingerprint density at radius 2 is 2.05 bits per heavy atom. The second-order valence-electron chi connectivity index (χ2n) is 6.04. The van der Waals surface area contributed by atoms with Crippen molar-refractivity contribution in [3.63, 3.8) is 0 Å². The van der Waals surface area contributed by atoms with Gasteiger partial charge in [-0.1, -0.05) is 35.2 Å². The first-order valence-electron chi connectivity index (χ1n) is 7.60. The van der Waals surface area contributed by atoms with E-state index in [1.165, 1.54) is 12.5 Å². The van der Waals surface area contributed by atoms with Gasteiger partial charge >= 0.3 is 0 Å². The van der Waals surface area contributed by atoms with Gasteiger partial charge in [0.05, 0.1) is 11.1 Å². The van der Waals surface area contributed by atoms with Crippen LogP contribution in [0.2, 0.25) is 0 Å². The lowest BCUT2D eigenvalue weighted by molar-refractivity contribution is 0.0218. The van der Waals surface area contributed by atoms with E-state index in [1.807, 2.05) is 4.90 Å². The monoisotopic (exact) mass is 354 g/mol. The molecular weight excluding hydrogens is 335 g/mol. The SMILES string of the molecule is O=C(c1cc(Br)ccc1F)N1CCNCC12CCCCC2. The van der Waals surface area contributed by atoms with Crippen molar-refractivity contribution >= 4 is 21.8 Å². The van der Waals surface area contributed by atoms with Crippen LogP contribution in [0.25, 0.3) is 0 Å². The van der Waals surface area contributed by atoms with Gasteiger partial charge in [-0.3, -0.25) is 4.79 Å². The highest BCUT2D eigenvalue weighted by molar-refractivity contribution is 9.10. The fraction of sp³-hybridized carbons (Fsp3) is 0.562. The van der Waals surface area contributed by atoms with Crippen LogP contribution in [0, 0.1) is 5.82 Å². The third-order valence-electron chi connectivity index (χ3n) is 4.73. The minimum Gasteiger partial charge on any atom is -0.330 e. The highest BCUT2D eigenvalue weighted by Gasteiger charge is 2.42. The van der Waals surface area contributed by atoms with Gasteiger partial charge in [0.25, 0.3) is 5.91 Å². The molecule has 1 spiro atoms. The maximum Gasteiger partial charge on any atom is 0.257 e. The van der Waals surface area contributed by atoms with Gasteiger partial charge in [-0.05, 0) is 31.0 Å². The summed E-state index contributed by atoms with van der Waals surface area (Å²) in [5.41, 5.74) is 0.0544. The number of hydrogen-bond donors (Lipinski definition) is 1. The predicted octanol–water partition coefficient (Wildman–Crippen LogP) is 3.34. The van der Waals surface area contributed by atoms with Crippen LogP contribution in [0.1, 0.15) is 42.5 Å². The quantitative estimate of drug-likeness (QED) is 0.838. The average molecular weight is 355 g/mol. The lowest BCUT2D eigenvalue weighted by Gasteiger charge is -2.49. The molecule has 1 heterocycles. The van der Waals surface area contributed by atoms with Crippen molar-refractivity contribution in [1.82, 2.24) is 10.2 Å². The van der Waals surface area contributed by atoms with E-state index in [1.54, 1.807) is 12.1 Å². The van der Waals surface area contributed by atoms with Crippen LogP contribution >= 0.6 is 15.9 Å². The van der Waals surface area contributed by atoms with Crippen molar-refractivity contribution in [3.8, 4) is 0 Å². The second kappa shape index (κ2) is 6.05. The lowest BCUT2D eigenvalue weighted by Crippen LogP contribution is -2.63. The lowest BCUT2D eigenvalue weighted by atomic mass is 9.78. The van der Waals surface area contributed by atoms with Gasteiger partial charge in [0.15, 0.2) is 0 Å². The highest BCUT2D eigenvalue weighted by atomic mass is 79.9. The molecule has 1 aromatic rings. The molecule has 5 heteroatoms. The van der Waals surface area contributed by atoms with E-state index in [0.29, 0.717) is 6.54 Å². The Bertz CT molecular complexity index is 535. The third-order valence-corrected chi connectivity index (χ3v) is 5.22. The van der Waals surface area contributed by atoms with E-state index in [-0.39, 0.29) is 17.0 Å². The fourth-order valence-electron chi connectivity index (χ4n) is 3.62. The molecule has 3 rings (SSSR count). The van der Waals surface area contributed by atoms with Gasteiger partial charge in [0.1, 0.15) is 5.82 Å². The van der Waals surface area contributed by atoms with Crippen LogP contribution < -0.4 is 5.32 Å². The maximum atomic E-state index is 14.0. The van der Waals surface area contributed by atoms with Gasteiger partial charge in [-0.15, -0.1) is 0 Å².